The molecule has 15 heavy (non-hydrogen) atoms. The molecule has 0 aliphatic carbocycles. The highest BCUT2D eigenvalue weighted by Crippen LogP contribution is 2.25. The largest absolute Gasteiger partial charge is 0.309 e. The smallest absolute Gasteiger partial charge is 0.0763 e. The molecule has 1 N–H and O–H groups in total. The van der Waals surface area contributed by atoms with E-state index in [4.69, 9.17) is 23.2 Å². The van der Waals surface area contributed by atoms with Gasteiger partial charge in [0.15, 0.2) is 0 Å². The summed E-state index contributed by atoms with van der Waals surface area (Å²) in [6.07, 6.45) is 4.25. The van der Waals surface area contributed by atoms with Gasteiger partial charge in [-0.25, -0.2) is 0 Å². The third-order valence-electron chi connectivity index (χ3n) is 2.02. The second-order valence-electron chi connectivity index (χ2n) is 3.16. The van der Waals surface area contributed by atoms with Crippen molar-refractivity contribution in [2.45, 2.75) is 19.4 Å². The number of rotatable bonds is 5. The molecule has 0 bridgehead atoms. The summed E-state index contributed by atoms with van der Waals surface area (Å²) in [5.41, 5.74) is 0.822. The molecule has 1 atom stereocenters. The van der Waals surface area contributed by atoms with Crippen LogP contribution >= 0.6 is 23.2 Å². The highest BCUT2D eigenvalue weighted by atomic mass is 35.5. The Morgan fingerprint density at radius 2 is 2.33 bits per heavy atom. The second-order valence-corrected chi connectivity index (χ2v) is 4.00. The van der Waals surface area contributed by atoms with Crippen LogP contribution in [0, 0.1) is 0 Å². The Balaban J connectivity index is 2.94. The molecule has 0 saturated carbocycles. The zero-order chi connectivity index (χ0) is 11.3. The van der Waals surface area contributed by atoms with Gasteiger partial charge in [-0.05, 0) is 19.0 Å². The lowest BCUT2D eigenvalue weighted by atomic mass is 10.1. The van der Waals surface area contributed by atoms with Crippen molar-refractivity contribution in [2.24, 2.45) is 0 Å². The monoisotopic (exact) mass is 244 g/mol. The van der Waals surface area contributed by atoms with Gasteiger partial charge in [-0.3, -0.25) is 4.98 Å². The predicted octanol–water partition coefficient (Wildman–Crippen LogP) is 3.62. The molecular weight excluding hydrogens is 231 g/mol. The first kappa shape index (κ1) is 12.5. The summed E-state index contributed by atoms with van der Waals surface area (Å²) in [6, 6.07) is 1.82. The van der Waals surface area contributed by atoms with Crippen LogP contribution in [0.3, 0.4) is 0 Å². The van der Waals surface area contributed by atoms with Crippen LogP contribution in [0.2, 0.25) is 10.0 Å². The normalized spacial score (nSPS) is 12.5. The van der Waals surface area contributed by atoms with Crippen molar-refractivity contribution in [2.75, 3.05) is 6.54 Å². The first-order chi connectivity index (χ1) is 7.19. The molecule has 0 spiro atoms. The van der Waals surface area contributed by atoms with Crippen molar-refractivity contribution in [1.82, 2.24) is 10.3 Å². The second kappa shape index (κ2) is 6.11. The molecule has 1 heterocycles. The van der Waals surface area contributed by atoms with Crippen molar-refractivity contribution < 1.29 is 0 Å². The molecule has 0 fully saturated rings. The van der Waals surface area contributed by atoms with E-state index in [0.29, 0.717) is 10.0 Å². The van der Waals surface area contributed by atoms with E-state index in [1.165, 1.54) is 0 Å². The van der Waals surface area contributed by atoms with Crippen LogP contribution in [0.5, 0.6) is 0 Å². The minimum atomic E-state index is 0.109. The van der Waals surface area contributed by atoms with Crippen molar-refractivity contribution >= 4 is 23.2 Å². The van der Waals surface area contributed by atoms with E-state index in [2.05, 4.69) is 16.9 Å². The number of pyridine rings is 1. The number of nitrogens with one attached hydrogen (secondary N) is 1. The Hall–Kier alpha value is -0.570. The molecular formula is C11H14Cl2N2. The topological polar surface area (TPSA) is 24.9 Å². The van der Waals surface area contributed by atoms with Crippen LogP contribution in [0.15, 0.2) is 24.9 Å². The maximum Gasteiger partial charge on any atom is 0.0763 e. The van der Waals surface area contributed by atoms with Gasteiger partial charge in [-0.1, -0.05) is 36.2 Å². The van der Waals surface area contributed by atoms with Crippen LogP contribution in [0.25, 0.3) is 0 Å². The number of halogens is 2. The van der Waals surface area contributed by atoms with Crippen molar-refractivity contribution in [3.8, 4) is 0 Å². The summed E-state index contributed by atoms with van der Waals surface area (Å²) in [6.45, 7) is 6.62. The number of nitrogens with zero attached hydrogens (tertiary/aromatic N) is 1. The van der Waals surface area contributed by atoms with Crippen molar-refractivity contribution in [3.63, 3.8) is 0 Å². The maximum atomic E-state index is 6.07. The fourth-order valence-electron chi connectivity index (χ4n) is 1.39. The van der Waals surface area contributed by atoms with Gasteiger partial charge in [-0.15, -0.1) is 6.58 Å². The van der Waals surface area contributed by atoms with E-state index < -0.39 is 0 Å². The predicted molar refractivity (Wildman–Crippen MR) is 65.5 cm³/mol. The zero-order valence-corrected chi connectivity index (χ0v) is 10.1. The number of aromatic nitrogens is 1. The van der Waals surface area contributed by atoms with E-state index >= 15 is 0 Å². The van der Waals surface area contributed by atoms with Gasteiger partial charge in [0.25, 0.3) is 0 Å². The standard InChI is InChI=1S/C11H14Cl2N2/c1-3-5-10(14-4-2)11-9(13)6-8(12)7-15-11/h3,6-7,10,14H,1,4-5H2,2H3. The molecule has 0 saturated heterocycles. The highest BCUT2D eigenvalue weighted by molar-refractivity contribution is 6.34. The average molecular weight is 245 g/mol. The van der Waals surface area contributed by atoms with Gasteiger partial charge in [-0.2, -0.15) is 0 Å². The Morgan fingerprint density at radius 1 is 1.60 bits per heavy atom. The molecule has 2 nitrogen and oxygen atoms in total. The van der Waals surface area contributed by atoms with Gasteiger partial charge in [0.1, 0.15) is 0 Å². The minimum absolute atomic E-state index is 0.109. The van der Waals surface area contributed by atoms with Crippen molar-refractivity contribution in [3.05, 3.63) is 40.7 Å². The summed E-state index contributed by atoms with van der Waals surface area (Å²) in [5.74, 6) is 0. The quantitative estimate of drug-likeness (QED) is 0.801. The van der Waals surface area contributed by atoms with Crippen LogP contribution in [0.4, 0.5) is 0 Å². The average Bonchev–Trinajstić information content (AvgIpc) is 2.17. The van der Waals surface area contributed by atoms with Gasteiger partial charge in [0.2, 0.25) is 0 Å². The van der Waals surface area contributed by atoms with Crippen LogP contribution in [-0.2, 0) is 0 Å². The fourth-order valence-corrected chi connectivity index (χ4v) is 1.90. The molecule has 1 unspecified atom stereocenters. The van der Waals surface area contributed by atoms with Crippen LogP contribution < -0.4 is 5.32 Å². The summed E-state index contributed by atoms with van der Waals surface area (Å²) < 4.78 is 0. The van der Waals surface area contributed by atoms with E-state index in [1.807, 2.05) is 13.0 Å². The Bertz CT molecular complexity index is 339. The first-order valence-electron chi connectivity index (χ1n) is 4.84. The Labute approximate surface area is 100 Å². The molecule has 1 aromatic rings. The third-order valence-corrected chi connectivity index (χ3v) is 2.53. The van der Waals surface area contributed by atoms with Crippen LogP contribution in [-0.4, -0.2) is 11.5 Å². The maximum absolute atomic E-state index is 6.07. The summed E-state index contributed by atoms with van der Waals surface area (Å²) in [5, 5.41) is 4.45. The van der Waals surface area contributed by atoms with Gasteiger partial charge < -0.3 is 5.32 Å². The summed E-state index contributed by atoms with van der Waals surface area (Å²) in [7, 11) is 0. The van der Waals surface area contributed by atoms with E-state index in [9.17, 15) is 0 Å². The fraction of sp³-hybridized carbons (Fsp3) is 0.364. The molecule has 82 valence electrons. The minimum Gasteiger partial charge on any atom is -0.309 e. The molecule has 0 aliphatic rings. The lowest BCUT2D eigenvalue weighted by Gasteiger charge is -2.16. The highest BCUT2D eigenvalue weighted by Gasteiger charge is 2.13. The lowest BCUT2D eigenvalue weighted by molar-refractivity contribution is 0.546. The van der Waals surface area contributed by atoms with Crippen molar-refractivity contribution in [1.29, 1.82) is 0 Å². The van der Waals surface area contributed by atoms with Crippen LogP contribution in [0.1, 0.15) is 25.1 Å². The molecule has 1 rings (SSSR count). The SMILES string of the molecule is C=CCC(NCC)c1ncc(Cl)cc1Cl. The van der Waals surface area contributed by atoms with Gasteiger partial charge >= 0.3 is 0 Å². The first-order valence-corrected chi connectivity index (χ1v) is 5.59. The summed E-state index contributed by atoms with van der Waals surface area (Å²) >= 11 is 11.9. The number of hydrogen-bond acceptors (Lipinski definition) is 2. The number of hydrogen-bond donors (Lipinski definition) is 1. The van der Waals surface area contributed by atoms with E-state index in [-0.39, 0.29) is 6.04 Å². The molecule has 0 amide bonds. The van der Waals surface area contributed by atoms with E-state index in [0.717, 1.165) is 18.7 Å². The molecule has 1 aromatic heterocycles. The van der Waals surface area contributed by atoms with E-state index in [1.54, 1.807) is 12.3 Å². The Morgan fingerprint density at radius 3 is 2.87 bits per heavy atom. The molecule has 0 aliphatic heterocycles. The third kappa shape index (κ3) is 3.49. The van der Waals surface area contributed by atoms with Gasteiger partial charge in [0, 0.05) is 6.20 Å². The van der Waals surface area contributed by atoms with Gasteiger partial charge in [0.05, 0.1) is 21.8 Å². The molecule has 0 radical (unpaired) electrons. The summed E-state index contributed by atoms with van der Waals surface area (Å²) in [4.78, 5) is 4.24. The zero-order valence-electron chi connectivity index (χ0n) is 8.63. The lowest BCUT2D eigenvalue weighted by Crippen LogP contribution is -2.21. The Kier molecular flexibility index (Phi) is 5.09. The molecule has 0 aromatic carbocycles. The molecule has 4 heteroatoms.